The van der Waals surface area contributed by atoms with Crippen LogP contribution >= 0.6 is 0 Å². The molecule has 3 N–H and O–H groups in total. The molecule has 0 aliphatic heterocycles. The van der Waals surface area contributed by atoms with Crippen molar-refractivity contribution in [3.63, 3.8) is 0 Å². The van der Waals surface area contributed by atoms with Crippen molar-refractivity contribution in [2.75, 3.05) is 11.9 Å². The summed E-state index contributed by atoms with van der Waals surface area (Å²) in [5.41, 5.74) is 6.23. The van der Waals surface area contributed by atoms with E-state index in [0.717, 1.165) is 11.5 Å². The van der Waals surface area contributed by atoms with Gasteiger partial charge in [-0.25, -0.2) is 4.39 Å². The number of halogens is 1. The summed E-state index contributed by atoms with van der Waals surface area (Å²) in [5.74, 6) is 2.74. The molecule has 3 atom stereocenters. The van der Waals surface area contributed by atoms with Gasteiger partial charge < -0.3 is 15.5 Å². The minimum Gasteiger partial charge on any atom is -0.464 e. The Morgan fingerprint density at radius 2 is 2.10 bits per heavy atom. The van der Waals surface area contributed by atoms with Gasteiger partial charge in [-0.2, -0.15) is 0 Å². The van der Waals surface area contributed by atoms with Gasteiger partial charge >= 0.3 is 0 Å². The molecule has 3 rings (SSSR count). The van der Waals surface area contributed by atoms with E-state index in [2.05, 4.69) is 12.2 Å². The first-order valence-electron chi connectivity index (χ1n) is 6.99. The number of hydrogen-bond acceptors (Lipinski definition) is 3. The first-order chi connectivity index (χ1) is 9.69. The molecule has 4 heteroatoms. The van der Waals surface area contributed by atoms with Gasteiger partial charge in [-0.1, -0.05) is 19.1 Å². The second-order valence-electron chi connectivity index (χ2n) is 5.47. The van der Waals surface area contributed by atoms with E-state index in [9.17, 15) is 4.39 Å². The fraction of sp³-hybridized carbons (Fsp3) is 0.375. The van der Waals surface area contributed by atoms with E-state index in [1.54, 1.807) is 18.2 Å². The minimum atomic E-state index is -0.284. The maximum absolute atomic E-state index is 13.7. The third-order valence-electron chi connectivity index (χ3n) is 3.91. The third-order valence-corrected chi connectivity index (χ3v) is 3.91. The van der Waals surface area contributed by atoms with Crippen molar-refractivity contribution in [3.8, 4) is 0 Å². The highest BCUT2D eigenvalue weighted by atomic mass is 19.1. The van der Waals surface area contributed by atoms with Crippen molar-refractivity contribution in [1.82, 2.24) is 0 Å². The standard InChI is InChI=1S/C16H19FN2O/c1-10-8-11(10)15-6-7-16(20-15)14(9-18)19-13-5-3-2-4-12(13)17/h2-7,10-11,14,19H,8-9,18H2,1H3. The predicted molar refractivity (Wildman–Crippen MR) is 77.0 cm³/mol. The van der Waals surface area contributed by atoms with Crippen LogP contribution in [-0.4, -0.2) is 6.54 Å². The van der Waals surface area contributed by atoms with Crippen LogP contribution in [-0.2, 0) is 0 Å². The smallest absolute Gasteiger partial charge is 0.146 e. The minimum absolute atomic E-state index is 0.213. The van der Waals surface area contributed by atoms with Gasteiger partial charge in [-0.15, -0.1) is 0 Å². The maximum atomic E-state index is 13.7. The number of nitrogens with one attached hydrogen (secondary N) is 1. The molecule has 2 aromatic rings. The number of para-hydroxylation sites is 1. The summed E-state index contributed by atoms with van der Waals surface area (Å²) in [7, 11) is 0. The molecular formula is C16H19FN2O. The molecule has 1 heterocycles. The van der Waals surface area contributed by atoms with Crippen molar-refractivity contribution in [2.45, 2.75) is 25.3 Å². The number of nitrogens with two attached hydrogens (primary N) is 1. The van der Waals surface area contributed by atoms with E-state index in [4.69, 9.17) is 10.2 Å². The van der Waals surface area contributed by atoms with Gasteiger partial charge in [0.2, 0.25) is 0 Å². The average molecular weight is 274 g/mol. The van der Waals surface area contributed by atoms with E-state index < -0.39 is 0 Å². The van der Waals surface area contributed by atoms with Gasteiger partial charge in [-0.05, 0) is 36.6 Å². The van der Waals surface area contributed by atoms with Crippen molar-refractivity contribution in [2.24, 2.45) is 11.7 Å². The Kier molecular flexibility index (Phi) is 3.49. The summed E-state index contributed by atoms with van der Waals surface area (Å²) in [6, 6.07) is 10.3. The molecule has 0 saturated heterocycles. The van der Waals surface area contributed by atoms with Crippen LogP contribution in [0.2, 0.25) is 0 Å². The van der Waals surface area contributed by atoms with Gasteiger partial charge in [0.05, 0.1) is 11.7 Å². The Balaban J connectivity index is 1.76. The van der Waals surface area contributed by atoms with Crippen LogP contribution in [0.1, 0.15) is 36.8 Å². The first kappa shape index (κ1) is 13.2. The maximum Gasteiger partial charge on any atom is 0.146 e. The summed E-state index contributed by atoms with van der Waals surface area (Å²) in [6.07, 6.45) is 1.18. The molecule has 1 aromatic heterocycles. The largest absolute Gasteiger partial charge is 0.464 e. The van der Waals surface area contributed by atoms with E-state index >= 15 is 0 Å². The monoisotopic (exact) mass is 274 g/mol. The molecule has 0 spiro atoms. The number of furan rings is 1. The van der Waals surface area contributed by atoms with E-state index in [1.807, 2.05) is 12.1 Å². The van der Waals surface area contributed by atoms with Crippen molar-refractivity contribution in [3.05, 3.63) is 53.7 Å². The van der Waals surface area contributed by atoms with Gasteiger partial charge in [0.25, 0.3) is 0 Å². The number of benzene rings is 1. The molecule has 1 aliphatic carbocycles. The predicted octanol–water partition coefficient (Wildman–Crippen LogP) is 3.65. The van der Waals surface area contributed by atoms with Crippen LogP contribution in [0.25, 0.3) is 0 Å². The highest BCUT2D eigenvalue weighted by molar-refractivity contribution is 5.46. The Bertz CT molecular complexity index is 596. The Hall–Kier alpha value is -1.81. The molecule has 3 nitrogen and oxygen atoms in total. The van der Waals surface area contributed by atoms with Crippen molar-refractivity contribution < 1.29 is 8.81 Å². The lowest BCUT2D eigenvalue weighted by Gasteiger charge is -2.16. The fourth-order valence-electron chi connectivity index (χ4n) is 2.49. The second kappa shape index (κ2) is 5.29. The van der Waals surface area contributed by atoms with E-state index in [1.165, 1.54) is 12.5 Å². The molecule has 0 bridgehead atoms. The van der Waals surface area contributed by atoms with E-state index in [-0.39, 0.29) is 11.9 Å². The van der Waals surface area contributed by atoms with Crippen molar-refractivity contribution >= 4 is 5.69 Å². The lowest BCUT2D eigenvalue weighted by Crippen LogP contribution is -2.20. The number of rotatable bonds is 5. The first-order valence-corrected chi connectivity index (χ1v) is 6.99. The van der Waals surface area contributed by atoms with Crippen molar-refractivity contribution in [1.29, 1.82) is 0 Å². The SMILES string of the molecule is CC1CC1c1ccc(C(CN)Nc2ccccc2F)o1. The van der Waals surface area contributed by atoms with E-state index in [0.29, 0.717) is 24.1 Å². The Morgan fingerprint density at radius 3 is 2.75 bits per heavy atom. The Labute approximate surface area is 118 Å². The van der Waals surface area contributed by atoms with Crippen LogP contribution in [0.4, 0.5) is 10.1 Å². The van der Waals surface area contributed by atoms with Gasteiger partial charge in [-0.3, -0.25) is 0 Å². The zero-order chi connectivity index (χ0) is 14.1. The quantitative estimate of drug-likeness (QED) is 0.875. The lowest BCUT2D eigenvalue weighted by molar-refractivity contribution is 0.441. The Morgan fingerprint density at radius 1 is 1.35 bits per heavy atom. The lowest BCUT2D eigenvalue weighted by atomic mass is 10.2. The van der Waals surface area contributed by atoms with Crippen LogP contribution in [0, 0.1) is 11.7 Å². The zero-order valence-corrected chi connectivity index (χ0v) is 11.5. The zero-order valence-electron chi connectivity index (χ0n) is 11.5. The normalized spacial score (nSPS) is 22.6. The van der Waals surface area contributed by atoms with Crippen LogP contribution < -0.4 is 11.1 Å². The molecule has 20 heavy (non-hydrogen) atoms. The van der Waals surface area contributed by atoms with Crippen LogP contribution in [0.3, 0.4) is 0 Å². The fourth-order valence-corrected chi connectivity index (χ4v) is 2.49. The third kappa shape index (κ3) is 2.56. The second-order valence-corrected chi connectivity index (χ2v) is 5.47. The molecule has 1 aromatic carbocycles. The number of anilines is 1. The van der Waals surface area contributed by atoms with Gasteiger partial charge in [0.15, 0.2) is 0 Å². The molecule has 106 valence electrons. The van der Waals surface area contributed by atoms with Gasteiger partial charge in [0.1, 0.15) is 17.3 Å². The topological polar surface area (TPSA) is 51.2 Å². The molecular weight excluding hydrogens is 255 g/mol. The summed E-state index contributed by atoms with van der Waals surface area (Å²) < 4.78 is 19.5. The molecule has 1 aliphatic rings. The highest BCUT2D eigenvalue weighted by Crippen LogP contribution is 2.47. The average Bonchev–Trinajstić information content (AvgIpc) is 3.00. The highest BCUT2D eigenvalue weighted by Gasteiger charge is 2.36. The molecule has 0 radical (unpaired) electrons. The number of hydrogen-bond donors (Lipinski definition) is 2. The van der Waals surface area contributed by atoms with Gasteiger partial charge in [0, 0.05) is 12.5 Å². The summed E-state index contributed by atoms with van der Waals surface area (Å²) in [4.78, 5) is 0. The molecule has 1 fully saturated rings. The summed E-state index contributed by atoms with van der Waals surface area (Å²) in [5, 5.41) is 3.10. The molecule has 0 amide bonds. The van der Waals surface area contributed by atoms with Crippen LogP contribution in [0.5, 0.6) is 0 Å². The molecule has 3 unspecified atom stereocenters. The van der Waals surface area contributed by atoms with Crippen LogP contribution in [0.15, 0.2) is 40.8 Å². The molecule has 1 saturated carbocycles. The summed E-state index contributed by atoms with van der Waals surface area (Å²) >= 11 is 0. The summed E-state index contributed by atoms with van der Waals surface area (Å²) in [6.45, 7) is 2.56.